The van der Waals surface area contributed by atoms with Crippen LogP contribution in [0, 0.1) is 5.92 Å². The van der Waals surface area contributed by atoms with Crippen LogP contribution in [-0.4, -0.2) is 64.9 Å². The van der Waals surface area contributed by atoms with Crippen LogP contribution in [0.15, 0.2) is 6.07 Å². The van der Waals surface area contributed by atoms with E-state index in [1.54, 1.807) is 21.5 Å². The second-order valence-corrected chi connectivity index (χ2v) is 5.99. The highest BCUT2D eigenvalue weighted by Crippen LogP contribution is 2.13. The van der Waals surface area contributed by atoms with E-state index in [1.807, 2.05) is 6.07 Å². The van der Waals surface area contributed by atoms with Crippen molar-refractivity contribution in [3.8, 4) is 0 Å². The van der Waals surface area contributed by atoms with Gasteiger partial charge in [-0.3, -0.25) is 9.48 Å². The summed E-state index contributed by atoms with van der Waals surface area (Å²) in [6.45, 7) is 6.27. The van der Waals surface area contributed by atoms with Crippen molar-refractivity contribution in [3.63, 3.8) is 0 Å². The molecule has 1 saturated heterocycles. The number of hydrogen-bond donors (Lipinski definition) is 0. The number of carbonyl (C=O) groups excluding carboxylic acids is 2. The molecular formula is C15H24N4O3. The standard InChI is InChI=1S/C15H24N4O3/c1-11(2)9-12-10-13(17(3)16-12)14(20)18-5-7-19(8-6-18)15(21)22-4/h10-11H,5-9H2,1-4H3. The van der Waals surface area contributed by atoms with Gasteiger partial charge in [-0.05, 0) is 18.4 Å². The number of methoxy groups -OCH3 is 1. The first-order valence-electron chi connectivity index (χ1n) is 7.57. The van der Waals surface area contributed by atoms with Crippen molar-refractivity contribution in [2.45, 2.75) is 20.3 Å². The molecular weight excluding hydrogens is 284 g/mol. The molecule has 22 heavy (non-hydrogen) atoms. The molecule has 0 saturated carbocycles. The van der Waals surface area contributed by atoms with Gasteiger partial charge in [0.25, 0.3) is 5.91 Å². The topological polar surface area (TPSA) is 67.7 Å². The smallest absolute Gasteiger partial charge is 0.409 e. The van der Waals surface area contributed by atoms with Gasteiger partial charge in [0.15, 0.2) is 0 Å². The molecule has 2 amide bonds. The first-order valence-corrected chi connectivity index (χ1v) is 7.57. The minimum atomic E-state index is -0.341. The summed E-state index contributed by atoms with van der Waals surface area (Å²) in [5.74, 6) is 0.468. The minimum absolute atomic E-state index is 0.0329. The van der Waals surface area contributed by atoms with Gasteiger partial charge in [0.2, 0.25) is 0 Å². The van der Waals surface area contributed by atoms with Crippen LogP contribution in [0.3, 0.4) is 0 Å². The number of hydrogen-bond acceptors (Lipinski definition) is 4. The van der Waals surface area contributed by atoms with Crippen molar-refractivity contribution in [2.24, 2.45) is 13.0 Å². The third-order valence-corrected chi connectivity index (χ3v) is 3.77. The quantitative estimate of drug-likeness (QED) is 0.840. The molecule has 0 radical (unpaired) electrons. The van der Waals surface area contributed by atoms with Gasteiger partial charge >= 0.3 is 6.09 Å². The Morgan fingerprint density at radius 1 is 1.23 bits per heavy atom. The first-order chi connectivity index (χ1) is 10.4. The van der Waals surface area contributed by atoms with Crippen LogP contribution in [0.2, 0.25) is 0 Å². The Morgan fingerprint density at radius 3 is 2.36 bits per heavy atom. The van der Waals surface area contributed by atoms with Gasteiger partial charge in [0, 0.05) is 33.2 Å². The SMILES string of the molecule is COC(=O)N1CCN(C(=O)c2cc(CC(C)C)nn2C)CC1. The van der Waals surface area contributed by atoms with E-state index < -0.39 is 0 Å². The van der Waals surface area contributed by atoms with Crippen molar-refractivity contribution in [1.82, 2.24) is 19.6 Å². The molecule has 0 bridgehead atoms. The lowest BCUT2D eigenvalue weighted by molar-refractivity contribution is 0.0590. The van der Waals surface area contributed by atoms with E-state index in [0.29, 0.717) is 37.8 Å². The zero-order valence-electron chi connectivity index (χ0n) is 13.7. The monoisotopic (exact) mass is 308 g/mol. The molecule has 0 atom stereocenters. The highest BCUT2D eigenvalue weighted by Gasteiger charge is 2.27. The molecule has 1 fully saturated rings. The molecule has 7 heteroatoms. The van der Waals surface area contributed by atoms with Crippen molar-refractivity contribution in [1.29, 1.82) is 0 Å². The molecule has 1 aromatic rings. The van der Waals surface area contributed by atoms with Crippen LogP contribution in [0.1, 0.15) is 30.0 Å². The normalized spacial score (nSPS) is 15.3. The first kappa shape index (κ1) is 16.3. The maximum absolute atomic E-state index is 12.6. The van der Waals surface area contributed by atoms with Gasteiger partial charge in [-0.15, -0.1) is 0 Å². The Hall–Kier alpha value is -2.05. The van der Waals surface area contributed by atoms with Crippen LogP contribution in [0.4, 0.5) is 4.79 Å². The summed E-state index contributed by atoms with van der Waals surface area (Å²) < 4.78 is 6.34. The van der Waals surface area contributed by atoms with Crippen LogP contribution >= 0.6 is 0 Å². The summed E-state index contributed by atoms with van der Waals surface area (Å²) in [4.78, 5) is 27.4. The van der Waals surface area contributed by atoms with Gasteiger partial charge in [0.05, 0.1) is 12.8 Å². The fourth-order valence-corrected chi connectivity index (χ4v) is 2.63. The third kappa shape index (κ3) is 3.58. The van der Waals surface area contributed by atoms with E-state index in [4.69, 9.17) is 4.74 Å². The Morgan fingerprint density at radius 2 is 1.82 bits per heavy atom. The summed E-state index contributed by atoms with van der Waals surface area (Å²) in [5, 5.41) is 4.41. The lowest BCUT2D eigenvalue weighted by atomic mass is 10.1. The zero-order valence-corrected chi connectivity index (χ0v) is 13.7. The van der Waals surface area contributed by atoms with E-state index >= 15 is 0 Å². The zero-order chi connectivity index (χ0) is 16.3. The lowest BCUT2D eigenvalue weighted by Gasteiger charge is -2.33. The molecule has 0 aromatic carbocycles. The number of aromatic nitrogens is 2. The minimum Gasteiger partial charge on any atom is -0.453 e. The van der Waals surface area contributed by atoms with Crippen molar-refractivity contribution < 1.29 is 14.3 Å². The third-order valence-electron chi connectivity index (χ3n) is 3.77. The molecule has 0 N–H and O–H groups in total. The number of carbonyl (C=O) groups is 2. The summed E-state index contributed by atoms with van der Waals surface area (Å²) in [5.41, 5.74) is 1.54. The van der Waals surface area contributed by atoms with Gasteiger partial charge in [-0.2, -0.15) is 5.10 Å². The van der Waals surface area contributed by atoms with Crippen molar-refractivity contribution in [3.05, 3.63) is 17.5 Å². The molecule has 7 nitrogen and oxygen atoms in total. The number of nitrogens with zero attached hydrogens (tertiary/aromatic N) is 4. The molecule has 122 valence electrons. The average molecular weight is 308 g/mol. The molecule has 1 aromatic heterocycles. The fourth-order valence-electron chi connectivity index (χ4n) is 2.63. The van der Waals surface area contributed by atoms with Gasteiger partial charge in [-0.25, -0.2) is 4.79 Å². The van der Waals surface area contributed by atoms with E-state index in [2.05, 4.69) is 18.9 Å². The predicted octanol–water partition coefficient (Wildman–Crippen LogP) is 1.14. The highest BCUT2D eigenvalue weighted by atomic mass is 16.5. The summed E-state index contributed by atoms with van der Waals surface area (Å²) in [7, 11) is 3.16. The van der Waals surface area contributed by atoms with Gasteiger partial charge in [-0.1, -0.05) is 13.8 Å². The lowest BCUT2D eigenvalue weighted by Crippen LogP contribution is -2.50. The number of ether oxygens (including phenoxy) is 1. The maximum Gasteiger partial charge on any atom is 0.409 e. The number of piperazine rings is 1. The summed E-state index contributed by atoms with van der Waals surface area (Å²) in [6.07, 6.45) is 0.517. The second kappa shape index (κ2) is 6.81. The number of amides is 2. The van der Waals surface area contributed by atoms with E-state index in [1.165, 1.54) is 7.11 Å². The molecule has 0 spiro atoms. The van der Waals surface area contributed by atoms with Crippen LogP contribution < -0.4 is 0 Å². The van der Waals surface area contributed by atoms with Crippen LogP contribution in [0.5, 0.6) is 0 Å². The Balaban J connectivity index is 2.01. The summed E-state index contributed by atoms with van der Waals surface area (Å²) in [6, 6.07) is 1.87. The van der Waals surface area contributed by atoms with Crippen LogP contribution in [-0.2, 0) is 18.2 Å². The predicted molar refractivity (Wildman–Crippen MR) is 81.6 cm³/mol. The van der Waals surface area contributed by atoms with E-state index in [-0.39, 0.29) is 12.0 Å². The Kier molecular flexibility index (Phi) is 5.05. The summed E-state index contributed by atoms with van der Waals surface area (Å²) >= 11 is 0. The molecule has 2 rings (SSSR count). The molecule has 2 heterocycles. The van der Waals surface area contributed by atoms with Gasteiger partial charge in [0.1, 0.15) is 5.69 Å². The Labute approximate surface area is 130 Å². The molecule has 1 aliphatic heterocycles. The molecule has 0 unspecified atom stereocenters. The average Bonchev–Trinajstić information content (AvgIpc) is 2.85. The molecule has 0 aliphatic carbocycles. The Bertz CT molecular complexity index is 545. The number of aryl methyl sites for hydroxylation is 1. The molecule has 1 aliphatic rings. The van der Waals surface area contributed by atoms with E-state index in [0.717, 1.165) is 12.1 Å². The largest absolute Gasteiger partial charge is 0.453 e. The fraction of sp³-hybridized carbons (Fsp3) is 0.667. The highest BCUT2D eigenvalue weighted by molar-refractivity contribution is 5.92. The van der Waals surface area contributed by atoms with Crippen molar-refractivity contribution in [2.75, 3.05) is 33.3 Å². The van der Waals surface area contributed by atoms with Crippen molar-refractivity contribution >= 4 is 12.0 Å². The maximum atomic E-state index is 12.6. The van der Waals surface area contributed by atoms with Crippen LogP contribution in [0.25, 0.3) is 0 Å². The number of rotatable bonds is 3. The second-order valence-electron chi connectivity index (χ2n) is 5.99. The van der Waals surface area contributed by atoms with E-state index in [9.17, 15) is 9.59 Å². The van der Waals surface area contributed by atoms with Gasteiger partial charge < -0.3 is 14.5 Å².